The summed E-state index contributed by atoms with van der Waals surface area (Å²) in [6, 6.07) is 10.8. The van der Waals surface area contributed by atoms with Gasteiger partial charge in [-0.05, 0) is 6.92 Å². The molecule has 0 radical (unpaired) electrons. The number of carbonyl (C=O) groups excluding carboxylic acids is 1. The molecule has 0 fully saturated rings. The van der Waals surface area contributed by atoms with Crippen molar-refractivity contribution in [3.05, 3.63) is 47.5 Å². The minimum Gasteiger partial charge on any atom is -0.416 e. The summed E-state index contributed by atoms with van der Waals surface area (Å²) in [5, 5.41) is 12.7. The van der Waals surface area contributed by atoms with Gasteiger partial charge in [-0.25, -0.2) is 4.79 Å². The van der Waals surface area contributed by atoms with Crippen LogP contribution in [0.1, 0.15) is 12.5 Å². The van der Waals surface area contributed by atoms with Crippen molar-refractivity contribution in [2.24, 2.45) is 5.16 Å². The average Bonchev–Trinajstić information content (AvgIpc) is 2.71. The number of nitrogens with zero attached hydrogens (tertiary/aromatic N) is 2. The molecule has 0 aliphatic carbocycles. The van der Waals surface area contributed by atoms with Crippen LogP contribution in [0, 0.1) is 11.3 Å². The lowest BCUT2D eigenvalue weighted by Crippen LogP contribution is -2.11. The van der Waals surface area contributed by atoms with E-state index in [9.17, 15) is 4.79 Å². The van der Waals surface area contributed by atoms with Crippen molar-refractivity contribution >= 4 is 11.7 Å². The second-order valence-corrected chi connectivity index (χ2v) is 3.65. The molecule has 1 aliphatic heterocycles. The monoisotopic (exact) mass is 242 g/mol. The summed E-state index contributed by atoms with van der Waals surface area (Å²) in [6.45, 7) is 1.62. The van der Waals surface area contributed by atoms with E-state index in [4.69, 9.17) is 14.8 Å². The number of hydrogen-bond donors (Lipinski definition) is 0. The fourth-order valence-corrected chi connectivity index (χ4v) is 1.39. The van der Waals surface area contributed by atoms with Crippen LogP contribution in [0.2, 0.25) is 0 Å². The topological polar surface area (TPSA) is 71.7 Å². The van der Waals surface area contributed by atoms with Crippen molar-refractivity contribution in [2.75, 3.05) is 0 Å². The van der Waals surface area contributed by atoms with Crippen LogP contribution >= 0.6 is 0 Å². The summed E-state index contributed by atoms with van der Waals surface area (Å²) in [6.07, 6.45) is 0.649. The Morgan fingerprint density at radius 1 is 1.44 bits per heavy atom. The lowest BCUT2D eigenvalue weighted by Gasteiger charge is -2.05. The number of cyclic esters (lactones) is 1. The van der Waals surface area contributed by atoms with E-state index in [1.54, 1.807) is 31.2 Å². The normalized spacial score (nSPS) is 18.9. The van der Waals surface area contributed by atoms with E-state index in [-0.39, 0.29) is 5.71 Å². The maximum absolute atomic E-state index is 11.1. The highest BCUT2D eigenvalue weighted by atomic mass is 16.8. The third-order valence-corrected chi connectivity index (χ3v) is 2.33. The highest BCUT2D eigenvalue weighted by Crippen LogP contribution is 2.14. The molecule has 2 rings (SSSR count). The van der Waals surface area contributed by atoms with E-state index >= 15 is 0 Å². The number of benzene rings is 1. The molecule has 0 N–H and O–H groups in total. The van der Waals surface area contributed by atoms with E-state index in [1.807, 2.05) is 12.1 Å². The quantitative estimate of drug-likeness (QED) is 0.460. The van der Waals surface area contributed by atoms with Crippen LogP contribution in [0.3, 0.4) is 0 Å². The molecule has 0 bridgehead atoms. The standard InChI is InChI=1S/C13H10N2O3/c1-9-7-12(17-13(9)16)18-15-11(8-14)10-5-3-2-4-6-10/h2-7,12H,1H3/b15-11+. The Kier molecular flexibility index (Phi) is 3.39. The van der Waals surface area contributed by atoms with Crippen molar-refractivity contribution in [1.29, 1.82) is 5.26 Å². The van der Waals surface area contributed by atoms with Crippen LogP contribution in [0.4, 0.5) is 0 Å². The molecular formula is C13H10N2O3. The van der Waals surface area contributed by atoms with Gasteiger partial charge in [0.25, 0.3) is 6.29 Å². The van der Waals surface area contributed by atoms with E-state index in [1.165, 1.54) is 6.08 Å². The Balaban J connectivity index is 2.09. The summed E-state index contributed by atoms with van der Waals surface area (Å²) >= 11 is 0. The number of esters is 1. The molecule has 1 aromatic rings. The Bertz CT molecular complexity index is 555. The first-order valence-corrected chi connectivity index (χ1v) is 5.29. The summed E-state index contributed by atoms with van der Waals surface area (Å²) < 4.78 is 4.83. The summed E-state index contributed by atoms with van der Waals surface area (Å²) in [4.78, 5) is 16.1. The molecule has 0 aromatic heterocycles. The number of nitriles is 1. The number of carbonyl (C=O) groups is 1. The molecule has 1 aromatic carbocycles. The minimum absolute atomic E-state index is 0.129. The van der Waals surface area contributed by atoms with Gasteiger partial charge in [-0.3, -0.25) is 0 Å². The molecule has 0 amide bonds. The predicted molar refractivity (Wildman–Crippen MR) is 63.3 cm³/mol. The molecule has 5 nitrogen and oxygen atoms in total. The molecule has 0 spiro atoms. The van der Waals surface area contributed by atoms with Crippen LogP contribution < -0.4 is 0 Å². The smallest absolute Gasteiger partial charge is 0.337 e. The van der Waals surface area contributed by atoms with Gasteiger partial charge >= 0.3 is 5.97 Å². The highest BCUT2D eigenvalue weighted by molar-refractivity contribution is 6.11. The summed E-state index contributed by atoms with van der Waals surface area (Å²) in [5.74, 6) is -0.437. The largest absolute Gasteiger partial charge is 0.416 e. The fourth-order valence-electron chi connectivity index (χ4n) is 1.39. The Morgan fingerprint density at radius 3 is 2.72 bits per heavy atom. The van der Waals surface area contributed by atoms with E-state index < -0.39 is 12.3 Å². The van der Waals surface area contributed by atoms with Gasteiger partial charge in [0.2, 0.25) is 0 Å². The van der Waals surface area contributed by atoms with Crippen LogP contribution in [0.25, 0.3) is 0 Å². The van der Waals surface area contributed by atoms with Gasteiger partial charge in [-0.15, -0.1) is 0 Å². The van der Waals surface area contributed by atoms with E-state index in [0.717, 1.165) is 0 Å². The number of ether oxygens (including phenoxy) is 1. The molecular weight excluding hydrogens is 232 g/mol. The molecule has 0 saturated carbocycles. The first kappa shape index (κ1) is 11.9. The van der Waals surface area contributed by atoms with Crippen molar-refractivity contribution in [3.63, 3.8) is 0 Å². The van der Waals surface area contributed by atoms with Gasteiger partial charge < -0.3 is 9.57 Å². The van der Waals surface area contributed by atoms with Crippen LogP contribution in [0.15, 0.2) is 47.1 Å². The lowest BCUT2D eigenvalue weighted by molar-refractivity contribution is -0.158. The molecule has 5 heteroatoms. The third kappa shape index (κ3) is 2.55. The number of hydrogen-bond acceptors (Lipinski definition) is 5. The zero-order chi connectivity index (χ0) is 13.0. The highest BCUT2D eigenvalue weighted by Gasteiger charge is 2.23. The zero-order valence-electron chi connectivity index (χ0n) is 9.66. The molecule has 0 saturated heterocycles. The van der Waals surface area contributed by atoms with Crippen molar-refractivity contribution in [1.82, 2.24) is 0 Å². The third-order valence-electron chi connectivity index (χ3n) is 2.33. The molecule has 1 unspecified atom stereocenters. The number of rotatable bonds is 3. The van der Waals surface area contributed by atoms with Crippen LogP contribution in [-0.4, -0.2) is 18.0 Å². The second kappa shape index (κ2) is 5.15. The molecule has 90 valence electrons. The van der Waals surface area contributed by atoms with Crippen molar-refractivity contribution in [3.8, 4) is 6.07 Å². The van der Waals surface area contributed by atoms with Crippen LogP contribution in [0.5, 0.6) is 0 Å². The molecule has 1 heterocycles. The molecule has 1 aliphatic rings. The predicted octanol–water partition coefficient (Wildman–Crippen LogP) is 1.76. The lowest BCUT2D eigenvalue weighted by atomic mass is 10.1. The zero-order valence-corrected chi connectivity index (χ0v) is 9.66. The SMILES string of the molecule is CC1=CC(O/N=C(\C#N)c2ccccc2)OC1=O. The van der Waals surface area contributed by atoms with Gasteiger partial charge in [0.1, 0.15) is 6.07 Å². The maximum atomic E-state index is 11.1. The van der Waals surface area contributed by atoms with E-state index in [0.29, 0.717) is 11.1 Å². The van der Waals surface area contributed by atoms with Crippen molar-refractivity contribution < 1.29 is 14.4 Å². The Labute approximate surface area is 104 Å². The van der Waals surface area contributed by atoms with Crippen LogP contribution in [-0.2, 0) is 14.4 Å². The fraction of sp³-hybridized carbons (Fsp3) is 0.154. The van der Waals surface area contributed by atoms with E-state index in [2.05, 4.69) is 5.16 Å². The van der Waals surface area contributed by atoms with Crippen molar-refractivity contribution in [2.45, 2.75) is 13.2 Å². The minimum atomic E-state index is -0.857. The number of oxime groups is 1. The average molecular weight is 242 g/mol. The Hall–Kier alpha value is -2.61. The van der Waals surface area contributed by atoms with Gasteiger partial charge in [-0.2, -0.15) is 5.26 Å². The second-order valence-electron chi connectivity index (χ2n) is 3.65. The summed E-state index contributed by atoms with van der Waals surface area (Å²) in [5.41, 5.74) is 1.24. The Morgan fingerprint density at radius 2 is 2.17 bits per heavy atom. The molecule has 1 atom stereocenters. The first-order chi connectivity index (χ1) is 8.70. The first-order valence-electron chi connectivity index (χ1n) is 5.29. The van der Waals surface area contributed by atoms with Gasteiger partial charge in [0.15, 0.2) is 5.71 Å². The maximum Gasteiger partial charge on any atom is 0.337 e. The summed E-state index contributed by atoms with van der Waals surface area (Å²) in [7, 11) is 0. The molecule has 18 heavy (non-hydrogen) atoms. The van der Waals surface area contributed by atoms with Gasteiger partial charge in [-0.1, -0.05) is 35.5 Å². The van der Waals surface area contributed by atoms with Gasteiger partial charge in [0.05, 0.1) is 0 Å². The van der Waals surface area contributed by atoms with Gasteiger partial charge in [0, 0.05) is 17.2 Å².